The molecule has 2 aliphatic rings. The monoisotopic (exact) mass is 541 g/mol. The zero-order valence-electron chi connectivity index (χ0n) is 21.4. The molecule has 0 amide bonds. The van der Waals surface area contributed by atoms with E-state index in [1.807, 2.05) is 30.3 Å². The molecule has 1 saturated heterocycles. The zero-order valence-corrected chi connectivity index (χ0v) is 23.0. The van der Waals surface area contributed by atoms with E-state index < -0.39 is 10.1 Å². The van der Waals surface area contributed by atoms with E-state index in [1.54, 1.807) is 23.5 Å². The predicted molar refractivity (Wildman–Crippen MR) is 149 cm³/mol. The van der Waals surface area contributed by atoms with Gasteiger partial charge in [0.2, 0.25) is 0 Å². The first-order valence-corrected chi connectivity index (χ1v) is 16.0. The zero-order chi connectivity index (χ0) is 25.8. The quantitative estimate of drug-likeness (QED) is 0.231. The molecule has 2 heterocycles. The second-order valence-electron chi connectivity index (χ2n) is 10.2. The molecule has 1 aliphatic carbocycles. The molecule has 0 spiro atoms. The summed E-state index contributed by atoms with van der Waals surface area (Å²) in [6.07, 6.45) is 10.6. The summed E-state index contributed by atoms with van der Waals surface area (Å²) in [5.74, 6) is 1.40. The van der Waals surface area contributed by atoms with Crippen LogP contribution in [0.4, 0.5) is 0 Å². The molecule has 8 heteroatoms. The molecule has 0 radical (unpaired) electrons. The Bertz CT molecular complexity index is 1330. The number of carbonyl (C=O) groups is 1. The molecule has 3 aromatic rings. The lowest BCUT2D eigenvalue weighted by Crippen LogP contribution is -2.33. The van der Waals surface area contributed by atoms with E-state index in [-0.39, 0.29) is 11.5 Å². The van der Waals surface area contributed by atoms with Crippen LogP contribution in [0.25, 0.3) is 10.1 Å². The Morgan fingerprint density at radius 3 is 2.32 bits per heavy atom. The van der Waals surface area contributed by atoms with Crippen molar-refractivity contribution in [3.63, 3.8) is 0 Å². The molecule has 2 fully saturated rings. The number of benzene rings is 2. The van der Waals surface area contributed by atoms with E-state index in [0.717, 1.165) is 65.0 Å². The predicted octanol–water partition coefficient (Wildman–Crippen LogP) is 6.38. The highest BCUT2D eigenvalue weighted by Crippen LogP contribution is 2.44. The normalized spacial score (nSPS) is 17.6. The number of ether oxygens (including phenoxy) is 1. The molecule has 0 unspecified atom stereocenters. The molecule has 0 N–H and O–H groups in total. The second kappa shape index (κ2) is 11.5. The van der Waals surface area contributed by atoms with Gasteiger partial charge in [-0.3, -0.25) is 9.69 Å². The summed E-state index contributed by atoms with van der Waals surface area (Å²) in [5, 5.41) is 0.860. The van der Waals surface area contributed by atoms with Gasteiger partial charge >= 0.3 is 10.1 Å². The fourth-order valence-electron chi connectivity index (χ4n) is 5.53. The number of thiophene rings is 1. The molecule has 1 aliphatic heterocycles. The lowest BCUT2D eigenvalue weighted by atomic mass is 9.85. The summed E-state index contributed by atoms with van der Waals surface area (Å²) in [6, 6.07) is 12.7. The number of carbonyl (C=O) groups excluding carboxylic acids is 1. The lowest BCUT2D eigenvalue weighted by Gasteiger charge is -2.26. The number of fused-ring (bicyclic) bond motifs is 1. The molecule has 1 aromatic heterocycles. The van der Waals surface area contributed by atoms with Gasteiger partial charge in [-0.2, -0.15) is 8.42 Å². The third-order valence-corrected chi connectivity index (χ3v) is 9.19. The van der Waals surface area contributed by atoms with Gasteiger partial charge < -0.3 is 8.92 Å². The molecule has 37 heavy (non-hydrogen) atoms. The first kappa shape index (κ1) is 26.2. The number of rotatable bonds is 9. The Balaban J connectivity index is 1.38. The van der Waals surface area contributed by atoms with Crippen LogP contribution < -0.4 is 8.92 Å². The van der Waals surface area contributed by atoms with Crippen LogP contribution in [-0.2, 0) is 10.1 Å². The van der Waals surface area contributed by atoms with Gasteiger partial charge in [0.05, 0.1) is 6.26 Å². The number of nitrogens with zero attached hydrogens (tertiary/aromatic N) is 1. The summed E-state index contributed by atoms with van der Waals surface area (Å²) < 4.78 is 35.2. The van der Waals surface area contributed by atoms with E-state index in [1.165, 1.54) is 38.5 Å². The van der Waals surface area contributed by atoms with Gasteiger partial charge in [0, 0.05) is 32.6 Å². The molecule has 0 bridgehead atoms. The van der Waals surface area contributed by atoms with Gasteiger partial charge in [-0.25, -0.2) is 0 Å². The van der Waals surface area contributed by atoms with E-state index in [9.17, 15) is 13.2 Å². The van der Waals surface area contributed by atoms with Gasteiger partial charge in [0.25, 0.3) is 0 Å². The number of hydrogen-bond donors (Lipinski definition) is 0. The Morgan fingerprint density at radius 1 is 0.946 bits per heavy atom. The number of hydrogen-bond acceptors (Lipinski definition) is 7. The van der Waals surface area contributed by atoms with Crippen molar-refractivity contribution >= 4 is 37.3 Å². The summed E-state index contributed by atoms with van der Waals surface area (Å²) in [4.78, 5) is 17.4. The first-order valence-electron chi connectivity index (χ1n) is 13.3. The maximum atomic E-state index is 13.9. The molecule has 5 rings (SSSR count). The fourth-order valence-corrected chi connectivity index (χ4v) is 7.38. The average molecular weight is 542 g/mol. The minimum Gasteiger partial charge on any atom is -0.492 e. The van der Waals surface area contributed by atoms with Crippen LogP contribution >= 0.6 is 11.3 Å². The van der Waals surface area contributed by atoms with Crippen molar-refractivity contribution in [2.45, 2.75) is 57.3 Å². The highest BCUT2D eigenvalue weighted by molar-refractivity contribution is 7.86. The van der Waals surface area contributed by atoms with Gasteiger partial charge in [0.1, 0.15) is 18.1 Å². The third kappa shape index (κ3) is 6.54. The van der Waals surface area contributed by atoms with Crippen LogP contribution in [0.3, 0.4) is 0 Å². The smallest absolute Gasteiger partial charge is 0.306 e. The molecule has 198 valence electrons. The Kier molecular flexibility index (Phi) is 8.17. The van der Waals surface area contributed by atoms with Crippen LogP contribution in [0.2, 0.25) is 0 Å². The van der Waals surface area contributed by atoms with Crippen LogP contribution in [0, 0.1) is 0 Å². The first-order chi connectivity index (χ1) is 17.9. The van der Waals surface area contributed by atoms with Crippen molar-refractivity contribution in [2.75, 3.05) is 32.5 Å². The SMILES string of the molecule is CS(=O)(=O)Oc1ccc2c(C(=O)c3ccc(OCCN4CCCCC4)cc3)c(C3CCCCC3)sc2c1. The van der Waals surface area contributed by atoms with Gasteiger partial charge in [-0.15, -0.1) is 11.3 Å². The third-order valence-electron chi connectivity index (χ3n) is 7.38. The number of ketones is 1. The van der Waals surface area contributed by atoms with Crippen LogP contribution in [0.15, 0.2) is 42.5 Å². The minimum absolute atomic E-state index is 0.00321. The van der Waals surface area contributed by atoms with E-state index in [2.05, 4.69) is 4.90 Å². The minimum atomic E-state index is -3.62. The Morgan fingerprint density at radius 2 is 1.62 bits per heavy atom. The number of likely N-dealkylation sites (tertiary alicyclic amines) is 1. The van der Waals surface area contributed by atoms with E-state index >= 15 is 0 Å². The van der Waals surface area contributed by atoms with Crippen LogP contribution in [0.5, 0.6) is 11.5 Å². The van der Waals surface area contributed by atoms with Crippen molar-refractivity contribution in [1.82, 2.24) is 4.90 Å². The summed E-state index contributed by atoms with van der Waals surface area (Å²) in [5.41, 5.74) is 1.38. The second-order valence-corrected chi connectivity index (χ2v) is 12.9. The van der Waals surface area contributed by atoms with E-state index in [0.29, 0.717) is 18.1 Å². The highest BCUT2D eigenvalue weighted by Gasteiger charge is 2.27. The maximum Gasteiger partial charge on any atom is 0.306 e. The highest BCUT2D eigenvalue weighted by atomic mass is 32.2. The Hall–Kier alpha value is -2.42. The topological polar surface area (TPSA) is 72.9 Å². The molecule has 0 atom stereocenters. The number of piperidine rings is 1. The van der Waals surface area contributed by atoms with Crippen molar-refractivity contribution in [1.29, 1.82) is 0 Å². The van der Waals surface area contributed by atoms with Crippen molar-refractivity contribution in [3.8, 4) is 11.5 Å². The summed E-state index contributed by atoms with van der Waals surface area (Å²) in [6.45, 7) is 3.87. The Labute approximate surface area is 223 Å². The summed E-state index contributed by atoms with van der Waals surface area (Å²) >= 11 is 1.60. The lowest BCUT2D eigenvalue weighted by molar-refractivity contribution is 0.103. The van der Waals surface area contributed by atoms with Gasteiger partial charge in [-0.1, -0.05) is 25.7 Å². The largest absolute Gasteiger partial charge is 0.492 e. The molecule has 1 saturated carbocycles. The molecule has 2 aromatic carbocycles. The maximum absolute atomic E-state index is 13.9. The van der Waals surface area contributed by atoms with Crippen molar-refractivity contribution in [3.05, 3.63) is 58.5 Å². The van der Waals surface area contributed by atoms with Crippen LogP contribution in [0.1, 0.15) is 78.1 Å². The van der Waals surface area contributed by atoms with Crippen molar-refractivity contribution < 1.29 is 22.1 Å². The van der Waals surface area contributed by atoms with Gasteiger partial charge in [0.15, 0.2) is 5.78 Å². The standard InChI is InChI=1S/C29H35NO5S2/c1-37(32,33)35-24-14-15-25-26(20-24)36-29(22-8-4-2-5-9-22)27(25)28(31)21-10-12-23(13-11-21)34-19-18-30-16-6-3-7-17-30/h10-15,20,22H,2-9,16-19H2,1H3. The molecular formula is C29H35NO5S2. The molecule has 6 nitrogen and oxygen atoms in total. The van der Waals surface area contributed by atoms with E-state index in [4.69, 9.17) is 8.92 Å². The summed E-state index contributed by atoms with van der Waals surface area (Å²) in [7, 11) is -3.62. The average Bonchev–Trinajstić information content (AvgIpc) is 3.28. The van der Waals surface area contributed by atoms with Crippen molar-refractivity contribution in [2.24, 2.45) is 0 Å². The fraction of sp³-hybridized carbons (Fsp3) is 0.483. The van der Waals surface area contributed by atoms with Gasteiger partial charge in [-0.05, 0) is 87.2 Å². The van der Waals surface area contributed by atoms with Crippen LogP contribution in [-0.4, -0.2) is 51.6 Å². The molecular weight excluding hydrogens is 506 g/mol.